The Hall–Kier alpha value is -1.30. The van der Waals surface area contributed by atoms with E-state index in [0.717, 1.165) is 0 Å². The van der Waals surface area contributed by atoms with Gasteiger partial charge in [-0.2, -0.15) is 4.98 Å². The smallest absolute Gasteiger partial charge is 0.259 e. The van der Waals surface area contributed by atoms with Gasteiger partial charge in [-0.1, -0.05) is 28.4 Å². The second-order valence-corrected chi connectivity index (χ2v) is 5.28. The average molecular weight is 360 g/mol. The molecule has 0 radical (unpaired) electrons. The van der Waals surface area contributed by atoms with Gasteiger partial charge in [-0.3, -0.25) is 0 Å². The van der Waals surface area contributed by atoms with Crippen molar-refractivity contribution in [1.82, 2.24) is 10.1 Å². The Labute approximate surface area is 126 Å². The minimum Gasteiger partial charge on any atom is -0.446 e. The van der Waals surface area contributed by atoms with Gasteiger partial charge in [0.25, 0.3) is 5.89 Å². The molecule has 0 spiro atoms. The van der Waals surface area contributed by atoms with Crippen LogP contribution in [0, 0.1) is 0 Å². The predicted octanol–water partition coefficient (Wildman–Crippen LogP) is 5.07. The normalized spacial score (nSPS) is 10.9. The van der Waals surface area contributed by atoms with E-state index in [1.54, 1.807) is 30.3 Å². The van der Waals surface area contributed by atoms with Gasteiger partial charge in [0.2, 0.25) is 5.82 Å². The molecule has 0 bridgehead atoms. The quantitative estimate of drug-likeness (QED) is 0.641. The highest BCUT2D eigenvalue weighted by Gasteiger charge is 2.15. The molecular weight excluding hydrogens is 355 g/mol. The summed E-state index contributed by atoms with van der Waals surface area (Å²) in [6.45, 7) is 0. The second-order valence-electron chi connectivity index (χ2n) is 3.65. The van der Waals surface area contributed by atoms with Gasteiger partial charge in [0.1, 0.15) is 0 Å². The van der Waals surface area contributed by atoms with Gasteiger partial charge < -0.3 is 8.94 Å². The van der Waals surface area contributed by atoms with E-state index in [4.69, 9.17) is 32.1 Å². The molecule has 0 atom stereocenters. The highest BCUT2D eigenvalue weighted by Crippen LogP contribution is 2.31. The summed E-state index contributed by atoms with van der Waals surface area (Å²) in [5.74, 6) is 1.17. The average Bonchev–Trinajstić information content (AvgIpc) is 2.97. The second kappa shape index (κ2) is 5.00. The van der Waals surface area contributed by atoms with E-state index in [1.165, 1.54) is 0 Å². The van der Waals surface area contributed by atoms with E-state index in [9.17, 15) is 0 Å². The van der Waals surface area contributed by atoms with Crippen LogP contribution in [-0.4, -0.2) is 10.1 Å². The highest BCUT2D eigenvalue weighted by atomic mass is 79.9. The lowest BCUT2D eigenvalue weighted by Gasteiger charge is -1.98. The molecule has 19 heavy (non-hydrogen) atoms. The largest absolute Gasteiger partial charge is 0.446 e. The predicted molar refractivity (Wildman–Crippen MR) is 75.2 cm³/mol. The third-order valence-electron chi connectivity index (χ3n) is 2.38. The van der Waals surface area contributed by atoms with E-state index in [0.29, 0.717) is 37.8 Å². The van der Waals surface area contributed by atoms with E-state index in [2.05, 4.69) is 26.1 Å². The molecule has 7 heteroatoms. The molecule has 3 aromatic rings. The van der Waals surface area contributed by atoms with E-state index >= 15 is 0 Å². The molecule has 0 N–H and O–H groups in total. The summed E-state index contributed by atoms with van der Waals surface area (Å²) in [6.07, 6.45) is 0. The molecule has 2 aromatic heterocycles. The summed E-state index contributed by atoms with van der Waals surface area (Å²) in [7, 11) is 0. The standard InChI is InChI=1S/C12H5BrCl2N2O2/c13-10-4-3-9(18-10)11-16-12(19-17-11)7-2-1-6(14)5-8(7)15/h1-5H. The molecule has 0 amide bonds. The lowest BCUT2D eigenvalue weighted by atomic mass is 10.2. The Bertz CT molecular complexity index is 739. The minimum atomic E-state index is 0.309. The molecule has 0 aliphatic rings. The number of benzene rings is 1. The molecule has 0 fully saturated rings. The first-order chi connectivity index (χ1) is 9.13. The zero-order valence-corrected chi connectivity index (χ0v) is 12.3. The minimum absolute atomic E-state index is 0.309. The van der Waals surface area contributed by atoms with Crippen molar-refractivity contribution in [2.24, 2.45) is 0 Å². The van der Waals surface area contributed by atoms with Crippen LogP contribution in [-0.2, 0) is 0 Å². The van der Waals surface area contributed by atoms with Crippen molar-refractivity contribution < 1.29 is 8.94 Å². The number of aromatic nitrogens is 2. The SMILES string of the molecule is Clc1ccc(-c2nc(-c3ccc(Br)o3)no2)c(Cl)c1. The number of rotatable bonds is 2. The van der Waals surface area contributed by atoms with Crippen LogP contribution in [0.1, 0.15) is 0 Å². The Balaban J connectivity index is 2.01. The van der Waals surface area contributed by atoms with Crippen molar-refractivity contribution in [2.75, 3.05) is 0 Å². The molecule has 2 heterocycles. The zero-order chi connectivity index (χ0) is 13.4. The van der Waals surface area contributed by atoms with Crippen LogP contribution >= 0.6 is 39.1 Å². The topological polar surface area (TPSA) is 52.1 Å². The number of nitrogens with zero attached hydrogens (tertiary/aromatic N) is 2. The van der Waals surface area contributed by atoms with E-state index < -0.39 is 0 Å². The van der Waals surface area contributed by atoms with Gasteiger partial charge in [0, 0.05) is 5.02 Å². The molecule has 0 aliphatic heterocycles. The molecular formula is C12H5BrCl2N2O2. The molecule has 0 aliphatic carbocycles. The van der Waals surface area contributed by atoms with E-state index in [1.807, 2.05) is 0 Å². The van der Waals surface area contributed by atoms with Gasteiger partial charge in [-0.05, 0) is 46.3 Å². The molecule has 0 saturated carbocycles. The summed E-state index contributed by atoms with van der Waals surface area (Å²) < 4.78 is 11.1. The molecule has 4 nitrogen and oxygen atoms in total. The van der Waals surface area contributed by atoms with Gasteiger partial charge in [-0.25, -0.2) is 0 Å². The number of halogens is 3. The van der Waals surface area contributed by atoms with Crippen molar-refractivity contribution in [3.8, 4) is 23.0 Å². The van der Waals surface area contributed by atoms with Crippen LogP contribution in [0.2, 0.25) is 10.0 Å². The van der Waals surface area contributed by atoms with Gasteiger partial charge in [-0.15, -0.1) is 0 Å². The number of hydrogen-bond donors (Lipinski definition) is 0. The Morgan fingerprint density at radius 1 is 1.11 bits per heavy atom. The maximum Gasteiger partial charge on any atom is 0.259 e. The Kier molecular flexibility index (Phi) is 3.35. The van der Waals surface area contributed by atoms with Crippen molar-refractivity contribution in [3.05, 3.63) is 45.0 Å². The van der Waals surface area contributed by atoms with Crippen molar-refractivity contribution in [2.45, 2.75) is 0 Å². The van der Waals surface area contributed by atoms with Crippen LogP contribution in [0.15, 0.2) is 43.9 Å². The van der Waals surface area contributed by atoms with Crippen LogP contribution in [0.5, 0.6) is 0 Å². The first-order valence-electron chi connectivity index (χ1n) is 5.18. The summed E-state index contributed by atoms with van der Waals surface area (Å²) in [5.41, 5.74) is 0.621. The number of hydrogen-bond acceptors (Lipinski definition) is 4. The van der Waals surface area contributed by atoms with Crippen molar-refractivity contribution in [3.63, 3.8) is 0 Å². The highest BCUT2D eigenvalue weighted by molar-refractivity contribution is 9.10. The van der Waals surface area contributed by atoms with Gasteiger partial charge in [0.05, 0.1) is 10.6 Å². The summed E-state index contributed by atoms with van der Waals surface area (Å²) in [4.78, 5) is 4.23. The fourth-order valence-corrected chi connectivity index (χ4v) is 2.33. The molecule has 3 rings (SSSR count). The molecule has 0 saturated heterocycles. The zero-order valence-electron chi connectivity index (χ0n) is 9.23. The van der Waals surface area contributed by atoms with Crippen LogP contribution < -0.4 is 0 Å². The summed E-state index contributed by atoms with van der Waals surface area (Å²) >= 11 is 15.1. The fourth-order valence-electron chi connectivity index (χ4n) is 1.53. The van der Waals surface area contributed by atoms with Crippen LogP contribution in [0.25, 0.3) is 23.0 Å². The summed E-state index contributed by atoms with van der Waals surface area (Å²) in [5, 5.41) is 4.84. The third kappa shape index (κ3) is 2.54. The molecule has 1 aromatic carbocycles. The monoisotopic (exact) mass is 358 g/mol. The van der Waals surface area contributed by atoms with Crippen molar-refractivity contribution in [1.29, 1.82) is 0 Å². The van der Waals surface area contributed by atoms with Crippen LogP contribution in [0.4, 0.5) is 0 Å². The fraction of sp³-hybridized carbons (Fsp3) is 0. The van der Waals surface area contributed by atoms with Gasteiger partial charge >= 0.3 is 0 Å². The lowest BCUT2D eigenvalue weighted by molar-refractivity contribution is 0.429. The Morgan fingerprint density at radius 3 is 2.63 bits per heavy atom. The first kappa shape index (κ1) is 12.7. The van der Waals surface area contributed by atoms with Crippen LogP contribution in [0.3, 0.4) is 0 Å². The Morgan fingerprint density at radius 2 is 1.95 bits per heavy atom. The van der Waals surface area contributed by atoms with E-state index in [-0.39, 0.29) is 0 Å². The third-order valence-corrected chi connectivity index (χ3v) is 3.36. The van der Waals surface area contributed by atoms with Gasteiger partial charge in [0.15, 0.2) is 10.4 Å². The van der Waals surface area contributed by atoms with Crippen molar-refractivity contribution >= 4 is 39.1 Å². The molecule has 96 valence electrons. The number of furan rings is 1. The maximum atomic E-state index is 6.08. The molecule has 0 unspecified atom stereocenters. The maximum absolute atomic E-state index is 6.08. The summed E-state index contributed by atoms with van der Waals surface area (Å²) in [6, 6.07) is 8.53. The first-order valence-corrected chi connectivity index (χ1v) is 6.73. The lowest BCUT2D eigenvalue weighted by Crippen LogP contribution is -1.80.